The molecule has 0 fully saturated rings. The molecule has 1 unspecified atom stereocenters. The van der Waals surface area contributed by atoms with Gasteiger partial charge < -0.3 is 10.2 Å². The summed E-state index contributed by atoms with van der Waals surface area (Å²) in [4.78, 5) is 12.7. The molecule has 0 saturated carbocycles. The van der Waals surface area contributed by atoms with Crippen LogP contribution >= 0.6 is 0 Å². The van der Waals surface area contributed by atoms with E-state index >= 15 is 0 Å². The van der Waals surface area contributed by atoms with Crippen molar-refractivity contribution in [3.63, 3.8) is 0 Å². The Bertz CT molecular complexity index is 440. The lowest BCUT2D eigenvalue weighted by Crippen LogP contribution is -2.22. The van der Waals surface area contributed by atoms with Gasteiger partial charge in [0.1, 0.15) is 0 Å². The third kappa shape index (κ3) is 5.31. The van der Waals surface area contributed by atoms with Crippen molar-refractivity contribution in [3.05, 3.63) is 60.6 Å². The van der Waals surface area contributed by atoms with Crippen LogP contribution in [-0.2, 0) is 11.2 Å². The Labute approximate surface area is 122 Å². The fourth-order valence-corrected chi connectivity index (χ4v) is 1.88. The molecule has 0 saturated heterocycles. The first-order valence-electron chi connectivity index (χ1n) is 7.05. The number of nitrogens with one attached hydrogen (secondary N) is 1. The molecule has 3 heteroatoms. The number of hydrogen-bond donors (Lipinski definition) is 1. The largest absolute Gasteiger partial charge is 0.353 e. The number of benzene rings is 1. The van der Waals surface area contributed by atoms with Gasteiger partial charge in [-0.25, -0.2) is 0 Å². The minimum Gasteiger partial charge on any atom is -0.353 e. The lowest BCUT2D eigenvalue weighted by atomic mass is 10.1. The van der Waals surface area contributed by atoms with Gasteiger partial charge in [-0.15, -0.1) is 0 Å². The van der Waals surface area contributed by atoms with Crippen LogP contribution in [0.1, 0.15) is 25.8 Å². The molecule has 0 spiro atoms. The fourth-order valence-electron chi connectivity index (χ4n) is 1.88. The van der Waals surface area contributed by atoms with E-state index in [0.29, 0.717) is 5.92 Å². The Morgan fingerprint density at radius 3 is 2.65 bits per heavy atom. The van der Waals surface area contributed by atoms with Crippen molar-refractivity contribution in [2.45, 2.75) is 26.7 Å². The standard InChI is InChI=1S/C17H24N2O/c1-4-15(3)17(18-14-20)13-19(5-2)12-11-16-9-7-6-8-10-16/h5-10,13-15H,2,4,11-12H2,1,3H3,(H,18,20)/b17-13+. The van der Waals surface area contributed by atoms with Gasteiger partial charge in [0, 0.05) is 18.4 Å². The minimum absolute atomic E-state index is 0.319. The Morgan fingerprint density at radius 2 is 2.10 bits per heavy atom. The summed E-state index contributed by atoms with van der Waals surface area (Å²) in [5.41, 5.74) is 2.22. The van der Waals surface area contributed by atoms with E-state index in [2.05, 4.69) is 37.9 Å². The molecule has 0 aliphatic rings. The molecule has 0 heterocycles. The van der Waals surface area contributed by atoms with Crippen LogP contribution in [0, 0.1) is 5.92 Å². The third-order valence-electron chi connectivity index (χ3n) is 3.41. The van der Waals surface area contributed by atoms with Crippen LogP contribution in [0.5, 0.6) is 0 Å². The summed E-state index contributed by atoms with van der Waals surface area (Å²) in [5, 5.41) is 2.79. The molecule has 0 aromatic heterocycles. The highest BCUT2D eigenvalue weighted by atomic mass is 16.1. The van der Waals surface area contributed by atoms with E-state index in [-0.39, 0.29) is 0 Å². The van der Waals surface area contributed by atoms with Crippen LogP contribution in [0.25, 0.3) is 0 Å². The minimum atomic E-state index is 0.319. The summed E-state index contributed by atoms with van der Waals surface area (Å²) in [5.74, 6) is 0.319. The molecule has 108 valence electrons. The molecule has 0 aliphatic heterocycles. The molecule has 20 heavy (non-hydrogen) atoms. The van der Waals surface area contributed by atoms with Crippen LogP contribution in [0.15, 0.2) is 55.0 Å². The number of carbonyl (C=O) groups is 1. The summed E-state index contributed by atoms with van der Waals surface area (Å²) in [6.45, 7) is 8.88. The quantitative estimate of drug-likeness (QED) is 0.699. The van der Waals surface area contributed by atoms with Gasteiger partial charge in [0.25, 0.3) is 0 Å². The van der Waals surface area contributed by atoms with E-state index in [9.17, 15) is 4.79 Å². The Morgan fingerprint density at radius 1 is 1.40 bits per heavy atom. The van der Waals surface area contributed by atoms with Crippen LogP contribution in [0.2, 0.25) is 0 Å². The second-order valence-corrected chi connectivity index (χ2v) is 4.81. The molecule has 0 radical (unpaired) electrons. The summed E-state index contributed by atoms with van der Waals surface area (Å²) < 4.78 is 0. The normalized spacial score (nSPS) is 12.6. The first-order valence-corrected chi connectivity index (χ1v) is 7.05. The zero-order valence-electron chi connectivity index (χ0n) is 12.4. The van der Waals surface area contributed by atoms with Gasteiger partial charge in [0.15, 0.2) is 0 Å². The van der Waals surface area contributed by atoms with Crippen molar-refractivity contribution in [2.24, 2.45) is 5.92 Å². The lowest BCUT2D eigenvalue weighted by molar-refractivity contribution is -0.109. The molecular weight excluding hydrogens is 248 g/mol. The molecule has 1 atom stereocenters. The van der Waals surface area contributed by atoms with Crippen LogP contribution in [0.4, 0.5) is 0 Å². The molecule has 0 aliphatic carbocycles. The molecule has 3 nitrogen and oxygen atoms in total. The highest BCUT2D eigenvalue weighted by Gasteiger charge is 2.07. The first-order chi connectivity index (χ1) is 9.71. The van der Waals surface area contributed by atoms with E-state index in [1.807, 2.05) is 29.3 Å². The average molecular weight is 272 g/mol. The maximum atomic E-state index is 10.7. The number of allylic oxidation sites excluding steroid dienone is 1. The van der Waals surface area contributed by atoms with Crippen molar-refractivity contribution in [3.8, 4) is 0 Å². The fraction of sp³-hybridized carbons (Fsp3) is 0.353. The predicted molar refractivity (Wildman–Crippen MR) is 83.8 cm³/mol. The third-order valence-corrected chi connectivity index (χ3v) is 3.41. The van der Waals surface area contributed by atoms with Crippen molar-refractivity contribution >= 4 is 6.41 Å². The maximum absolute atomic E-state index is 10.7. The molecule has 1 N–H and O–H groups in total. The molecular formula is C17H24N2O. The topological polar surface area (TPSA) is 32.3 Å². The highest BCUT2D eigenvalue weighted by Crippen LogP contribution is 2.12. The molecule has 1 aromatic rings. The maximum Gasteiger partial charge on any atom is 0.211 e. The molecule has 1 amide bonds. The smallest absolute Gasteiger partial charge is 0.211 e. The van der Waals surface area contributed by atoms with Crippen LogP contribution < -0.4 is 5.32 Å². The number of hydrogen-bond acceptors (Lipinski definition) is 2. The van der Waals surface area contributed by atoms with Gasteiger partial charge in [0.2, 0.25) is 6.41 Å². The van der Waals surface area contributed by atoms with Crippen molar-refractivity contribution in [1.29, 1.82) is 0 Å². The first kappa shape index (κ1) is 16.0. The van der Waals surface area contributed by atoms with E-state index in [1.165, 1.54) is 5.56 Å². The molecule has 0 bridgehead atoms. The molecule has 1 rings (SSSR count). The van der Waals surface area contributed by atoms with Gasteiger partial charge in [-0.1, -0.05) is 50.8 Å². The van der Waals surface area contributed by atoms with Gasteiger partial charge in [-0.3, -0.25) is 4.79 Å². The van der Waals surface area contributed by atoms with Gasteiger partial charge >= 0.3 is 0 Å². The lowest BCUT2D eigenvalue weighted by Gasteiger charge is -2.20. The van der Waals surface area contributed by atoms with E-state index in [0.717, 1.165) is 31.5 Å². The number of amides is 1. The zero-order chi connectivity index (χ0) is 14.8. The average Bonchev–Trinajstić information content (AvgIpc) is 2.50. The molecule has 1 aromatic carbocycles. The van der Waals surface area contributed by atoms with Gasteiger partial charge in [-0.05, 0) is 30.5 Å². The number of carbonyl (C=O) groups excluding carboxylic acids is 1. The van der Waals surface area contributed by atoms with Gasteiger partial charge in [0.05, 0.1) is 0 Å². The van der Waals surface area contributed by atoms with E-state index in [4.69, 9.17) is 0 Å². The highest BCUT2D eigenvalue weighted by molar-refractivity contribution is 5.50. The van der Waals surface area contributed by atoms with Gasteiger partial charge in [-0.2, -0.15) is 0 Å². The number of rotatable bonds is 9. The Hall–Kier alpha value is -2.03. The predicted octanol–water partition coefficient (Wildman–Crippen LogP) is 3.31. The summed E-state index contributed by atoms with van der Waals surface area (Å²) >= 11 is 0. The van der Waals surface area contributed by atoms with Crippen molar-refractivity contribution < 1.29 is 4.79 Å². The summed E-state index contributed by atoms with van der Waals surface area (Å²) in [6.07, 6.45) is 6.42. The second kappa shape index (κ2) is 8.97. The SMILES string of the molecule is C=CN(/C=C(/NC=O)C(C)CC)CCc1ccccc1. The van der Waals surface area contributed by atoms with Crippen LogP contribution in [0.3, 0.4) is 0 Å². The van der Waals surface area contributed by atoms with Crippen molar-refractivity contribution in [2.75, 3.05) is 6.54 Å². The van der Waals surface area contributed by atoms with Crippen molar-refractivity contribution in [1.82, 2.24) is 10.2 Å². The Balaban J connectivity index is 2.68. The summed E-state index contributed by atoms with van der Waals surface area (Å²) in [7, 11) is 0. The van der Waals surface area contributed by atoms with E-state index < -0.39 is 0 Å². The van der Waals surface area contributed by atoms with Crippen LogP contribution in [-0.4, -0.2) is 17.9 Å². The number of nitrogens with zero attached hydrogens (tertiary/aromatic N) is 1. The zero-order valence-corrected chi connectivity index (χ0v) is 12.4. The van der Waals surface area contributed by atoms with E-state index in [1.54, 1.807) is 6.20 Å². The summed E-state index contributed by atoms with van der Waals surface area (Å²) in [6, 6.07) is 10.3. The Kier molecular flexibility index (Phi) is 7.18. The second-order valence-electron chi connectivity index (χ2n) is 4.81. The monoisotopic (exact) mass is 272 g/mol.